The molecule has 0 saturated carbocycles. The number of oxazole rings is 1. The Hall–Kier alpha value is -3.68. The molecule has 2 aromatic carbocycles. The summed E-state index contributed by atoms with van der Waals surface area (Å²) in [6.45, 7) is 1.40. The monoisotopic (exact) mass is 519 g/mol. The van der Waals surface area contributed by atoms with Crippen molar-refractivity contribution in [1.29, 1.82) is 0 Å². The van der Waals surface area contributed by atoms with Crippen LogP contribution in [0, 0.1) is 11.6 Å². The van der Waals surface area contributed by atoms with Gasteiger partial charge in [0.15, 0.2) is 17.3 Å². The summed E-state index contributed by atoms with van der Waals surface area (Å²) in [6.07, 6.45) is -3.03. The maximum atomic E-state index is 14.2. The van der Waals surface area contributed by atoms with Gasteiger partial charge in [0.05, 0.1) is 25.0 Å². The number of hydrogen-bond donors (Lipinski definition) is 2. The number of carbonyl (C=O) groups is 1. The minimum atomic E-state index is -4.66. The van der Waals surface area contributed by atoms with Gasteiger partial charge in [0, 0.05) is 5.56 Å². The Balaban J connectivity index is 1.81. The maximum absolute atomic E-state index is 14.2. The van der Waals surface area contributed by atoms with Crippen molar-refractivity contribution in [2.75, 3.05) is 18.1 Å². The summed E-state index contributed by atoms with van der Waals surface area (Å²) < 4.78 is 102. The molecule has 0 spiro atoms. The van der Waals surface area contributed by atoms with Crippen LogP contribution >= 0.6 is 0 Å². The zero-order valence-electron chi connectivity index (χ0n) is 18.3. The second-order valence-corrected chi connectivity index (χ2v) is 9.16. The van der Waals surface area contributed by atoms with Crippen LogP contribution in [0.1, 0.15) is 34.6 Å². The van der Waals surface area contributed by atoms with E-state index in [-0.39, 0.29) is 28.5 Å². The first kappa shape index (κ1) is 25.9. The van der Waals surface area contributed by atoms with Gasteiger partial charge in [0.1, 0.15) is 17.7 Å². The number of alkyl halides is 3. The third kappa shape index (κ3) is 6.26. The van der Waals surface area contributed by atoms with E-state index in [2.05, 4.69) is 10.3 Å². The van der Waals surface area contributed by atoms with E-state index in [0.29, 0.717) is 0 Å². The number of halogens is 5. The Kier molecular flexibility index (Phi) is 7.06. The van der Waals surface area contributed by atoms with Crippen molar-refractivity contribution in [1.82, 2.24) is 10.3 Å². The number of amides is 1. The number of nitrogens with zero attached hydrogens (tertiary/aromatic N) is 1. The molecule has 3 aromatic rings. The van der Waals surface area contributed by atoms with Gasteiger partial charge in [-0.05, 0) is 42.8 Å². The molecule has 1 aromatic heterocycles. The number of ether oxygens (including phenoxy) is 1. The first-order valence-electron chi connectivity index (χ1n) is 9.67. The summed E-state index contributed by atoms with van der Waals surface area (Å²) in [4.78, 5) is 16.4. The summed E-state index contributed by atoms with van der Waals surface area (Å²) in [7, 11) is -2.75. The first-order chi connectivity index (χ1) is 16.2. The predicted octanol–water partition coefficient (Wildman–Crippen LogP) is 4.51. The van der Waals surface area contributed by atoms with E-state index >= 15 is 0 Å². The summed E-state index contributed by atoms with van der Waals surface area (Å²) in [5, 5.41) is 2.42. The number of rotatable bonds is 7. The lowest BCUT2D eigenvalue weighted by atomic mass is 10.1. The molecule has 0 aliphatic heterocycles. The second kappa shape index (κ2) is 9.52. The molecule has 0 aliphatic rings. The van der Waals surface area contributed by atoms with Crippen LogP contribution in [0.25, 0.3) is 11.5 Å². The number of hydrogen-bond acceptors (Lipinski definition) is 6. The molecule has 0 fully saturated rings. The van der Waals surface area contributed by atoms with Crippen molar-refractivity contribution in [2.24, 2.45) is 0 Å². The highest BCUT2D eigenvalue weighted by Gasteiger charge is 2.32. The van der Waals surface area contributed by atoms with Crippen LogP contribution < -0.4 is 14.8 Å². The highest BCUT2D eigenvalue weighted by Crippen LogP contribution is 2.35. The summed E-state index contributed by atoms with van der Waals surface area (Å²) in [5.74, 6) is -3.64. The summed E-state index contributed by atoms with van der Waals surface area (Å²) in [5.41, 5.74) is -2.31. The van der Waals surface area contributed by atoms with E-state index in [9.17, 15) is 35.2 Å². The molecule has 2 N–H and O–H groups in total. The third-order valence-corrected chi connectivity index (χ3v) is 5.23. The van der Waals surface area contributed by atoms with Crippen molar-refractivity contribution < 1.29 is 44.3 Å². The predicted molar refractivity (Wildman–Crippen MR) is 114 cm³/mol. The van der Waals surface area contributed by atoms with E-state index in [1.807, 2.05) is 0 Å². The molecular formula is C21H18F5N3O5S. The van der Waals surface area contributed by atoms with Gasteiger partial charge in [0.25, 0.3) is 5.91 Å². The van der Waals surface area contributed by atoms with Crippen LogP contribution in [0.15, 0.2) is 41.0 Å². The van der Waals surface area contributed by atoms with E-state index in [1.54, 1.807) is 4.72 Å². The van der Waals surface area contributed by atoms with Gasteiger partial charge in [-0.25, -0.2) is 22.2 Å². The van der Waals surface area contributed by atoms with Gasteiger partial charge in [-0.15, -0.1) is 0 Å². The molecule has 1 atom stereocenters. The van der Waals surface area contributed by atoms with Gasteiger partial charge < -0.3 is 14.5 Å². The highest BCUT2D eigenvalue weighted by molar-refractivity contribution is 7.92. The average molecular weight is 519 g/mol. The lowest BCUT2D eigenvalue weighted by Crippen LogP contribution is -2.27. The van der Waals surface area contributed by atoms with E-state index in [1.165, 1.54) is 20.1 Å². The van der Waals surface area contributed by atoms with Crippen LogP contribution in [-0.2, 0) is 16.2 Å². The van der Waals surface area contributed by atoms with Crippen molar-refractivity contribution in [2.45, 2.75) is 19.1 Å². The smallest absolute Gasteiger partial charge is 0.416 e. The Labute approximate surface area is 196 Å². The molecular weight excluding hydrogens is 501 g/mol. The van der Waals surface area contributed by atoms with Crippen LogP contribution in [0.2, 0.25) is 0 Å². The molecule has 3 rings (SSSR count). The number of nitrogens with one attached hydrogen (secondary N) is 2. The van der Waals surface area contributed by atoms with Crippen molar-refractivity contribution in [3.63, 3.8) is 0 Å². The SMILES string of the molecule is COc1cc(-c2nc(C(=O)N[C@H](C)c3cc(F)c(NS(C)(=O)=O)c(F)c3)co2)cc(C(F)(F)F)c1. The van der Waals surface area contributed by atoms with Gasteiger partial charge in [0.2, 0.25) is 15.9 Å². The molecule has 35 heavy (non-hydrogen) atoms. The van der Waals surface area contributed by atoms with Gasteiger partial charge in [-0.1, -0.05) is 0 Å². The molecule has 0 bridgehead atoms. The molecule has 1 heterocycles. The zero-order chi connectivity index (χ0) is 26.1. The van der Waals surface area contributed by atoms with Crippen LogP contribution in [0.4, 0.5) is 27.6 Å². The number of aromatic nitrogens is 1. The number of methoxy groups -OCH3 is 1. The second-order valence-electron chi connectivity index (χ2n) is 7.41. The first-order valence-corrected chi connectivity index (χ1v) is 11.6. The zero-order valence-corrected chi connectivity index (χ0v) is 19.1. The molecule has 1 amide bonds. The van der Waals surface area contributed by atoms with E-state index < -0.39 is 51.0 Å². The number of carbonyl (C=O) groups excluding carboxylic acids is 1. The number of benzene rings is 2. The van der Waals surface area contributed by atoms with Gasteiger partial charge in [-0.3, -0.25) is 9.52 Å². The fourth-order valence-corrected chi connectivity index (χ4v) is 3.56. The summed E-state index contributed by atoms with van der Waals surface area (Å²) in [6, 6.07) is 3.51. The molecule has 14 heteroatoms. The van der Waals surface area contributed by atoms with Crippen molar-refractivity contribution in [3.8, 4) is 17.2 Å². The standard InChI is InChI=1S/C21H18F5N3O5S/c1-10(11-6-15(22)18(16(23)7-11)29-35(3,31)32)27-19(30)17-9-34-20(28-17)12-4-13(21(24,25)26)8-14(5-12)33-2/h4-10,29H,1-3H3,(H,27,30)/t10-/m1/s1. The van der Waals surface area contributed by atoms with Crippen molar-refractivity contribution in [3.05, 3.63) is 65.1 Å². The highest BCUT2D eigenvalue weighted by atomic mass is 32.2. The maximum Gasteiger partial charge on any atom is 0.416 e. The van der Waals surface area contributed by atoms with Gasteiger partial charge >= 0.3 is 6.18 Å². The minimum Gasteiger partial charge on any atom is -0.497 e. The number of anilines is 1. The molecule has 0 aliphatic carbocycles. The largest absolute Gasteiger partial charge is 0.497 e. The van der Waals surface area contributed by atoms with Crippen LogP contribution in [0.5, 0.6) is 5.75 Å². The fraction of sp³-hybridized carbons (Fsp3) is 0.238. The van der Waals surface area contributed by atoms with E-state index in [0.717, 1.165) is 36.8 Å². The molecule has 0 saturated heterocycles. The Morgan fingerprint density at radius 2 is 1.74 bits per heavy atom. The summed E-state index contributed by atoms with van der Waals surface area (Å²) >= 11 is 0. The minimum absolute atomic E-state index is 0.0289. The van der Waals surface area contributed by atoms with Crippen LogP contribution in [0.3, 0.4) is 0 Å². The molecule has 0 unspecified atom stereocenters. The van der Waals surface area contributed by atoms with Crippen LogP contribution in [-0.4, -0.2) is 32.7 Å². The topological polar surface area (TPSA) is 111 Å². The Bertz CT molecular complexity index is 1350. The fourth-order valence-electron chi connectivity index (χ4n) is 2.99. The lowest BCUT2D eigenvalue weighted by molar-refractivity contribution is -0.137. The molecule has 8 nitrogen and oxygen atoms in total. The quantitative estimate of drug-likeness (QED) is 0.445. The average Bonchev–Trinajstić information content (AvgIpc) is 3.25. The Morgan fingerprint density at radius 3 is 2.29 bits per heavy atom. The third-order valence-electron chi connectivity index (χ3n) is 4.65. The number of sulfonamides is 1. The Morgan fingerprint density at radius 1 is 1.11 bits per heavy atom. The lowest BCUT2D eigenvalue weighted by Gasteiger charge is -2.15. The molecule has 0 radical (unpaired) electrons. The van der Waals surface area contributed by atoms with Crippen molar-refractivity contribution >= 4 is 21.6 Å². The normalized spacial score (nSPS) is 12.8. The van der Waals surface area contributed by atoms with Gasteiger partial charge in [-0.2, -0.15) is 13.2 Å². The van der Waals surface area contributed by atoms with E-state index in [4.69, 9.17) is 9.15 Å². The molecule has 188 valence electrons.